The van der Waals surface area contributed by atoms with E-state index in [4.69, 9.17) is 19.6 Å². The molecule has 4 aromatic heterocycles. The highest BCUT2D eigenvalue weighted by molar-refractivity contribution is 7.18. The zero-order valence-electron chi connectivity index (χ0n) is 28.7. The first-order chi connectivity index (χ1) is 24.9. The molecule has 0 radical (unpaired) electrons. The van der Waals surface area contributed by atoms with Crippen molar-refractivity contribution >= 4 is 27.3 Å². The highest BCUT2D eigenvalue weighted by Gasteiger charge is 2.42. The van der Waals surface area contributed by atoms with Crippen LogP contribution in [0.5, 0.6) is 5.75 Å². The molecule has 1 amide bonds. The van der Waals surface area contributed by atoms with Crippen LogP contribution in [0.4, 0.5) is 17.6 Å². The number of hydrogen-bond acceptors (Lipinski definition) is 9. The van der Waals surface area contributed by atoms with Crippen molar-refractivity contribution in [2.45, 2.75) is 44.9 Å². The van der Waals surface area contributed by atoms with E-state index in [-0.39, 0.29) is 67.6 Å². The largest absolute Gasteiger partial charge is 0.490 e. The van der Waals surface area contributed by atoms with Crippen molar-refractivity contribution in [2.24, 2.45) is 0 Å². The Kier molecular flexibility index (Phi) is 9.63. The highest BCUT2D eigenvalue weighted by Crippen LogP contribution is 2.48. The second kappa shape index (κ2) is 14.0. The first kappa shape index (κ1) is 35.7. The number of aliphatic hydroxyl groups is 1. The van der Waals surface area contributed by atoms with Gasteiger partial charge in [-0.3, -0.25) is 19.4 Å². The molecule has 0 saturated carbocycles. The summed E-state index contributed by atoms with van der Waals surface area (Å²) >= 11 is 1.30. The normalized spacial score (nSPS) is 18.3. The molecule has 6 heterocycles. The standard InChI is InChI=1S/C37H36F4N6O4S/c1-5-30(49)47-20(2)17-46-28(21(47)3)15-27(44-46)34-32(31-26(39)13-24(38)14-29(31)51-10-9-50-4)35-25(6-11-52-35)33(43-34)22-12-23-18-45(7-8-48)19-37(40,41)36(23)42-16-22/h5-6,11-16,20-21,48H,1,7-10,17-19H2,2-4H3. The van der Waals surface area contributed by atoms with Crippen LogP contribution in [-0.4, -0.2) is 86.6 Å². The summed E-state index contributed by atoms with van der Waals surface area (Å²) in [6.45, 7) is 7.38. The molecule has 1 aromatic carbocycles. The Bertz CT molecular complexity index is 2190. The minimum absolute atomic E-state index is 0.0148. The van der Waals surface area contributed by atoms with Gasteiger partial charge in [0.25, 0.3) is 0 Å². The SMILES string of the molecule is C=CC(=O)N1C(C)Cn2nc(-c3nc(-c4cnc5c(c4)CN(CCO)CC5(F)F)c4ccsc4c3-c3c(F)cc(F)cc3OCCOC)cc2C1C. The maximum Gasteiger partial charge on any atom is 0.302 e. The summed E-state index contributed by atoms with van der Waals surface area (Å²) in [4.78, 5) is 25.4. The van der Waals surface area contributed by atoms with Gasteiger partial charge in [0.2, 0.25) is 5.91 Å². The van der Waals surface area contributed by atoms with E-state index in [9.17, 15) is 14.3 Å². The Labute approximate surface area is 300 Å². The number of aliphatic hydroxyl groups excluding tert-OH is 1. The average molecular weight is 737 g/mol. The first-order valence-electron chi connectivity index (χ1n) is 16.7. The number of ether oxygens (including phenoxy) is 2. The van der Waals surface area contributed by atoms with E-state index in [1.165, 1.54) is 35.6 Å². The number of alkyl halides is 2. The number of amides is 1. The number of aromatic nitrogens is 4. The fraction of sp³-hybridized carbons (Fsp3) is 0.351. The van der Waals surface area contributed by atoms with Gasteiger partial charge in [-0.15, -0.1) is 11.3 Å². The summed E-state index contributed by atoms with van der Waals surface area (Å²) < 4.78 is 74.7. The number of β-amino-alcohol motifs (C(OH)–C–C–N with tert-alkyl or cyclic N) is 1. The molecular weight excluding hydrogens is 701 g/mol. The lowest BCUT2D eigenvalue weighted by Gasteiger charge is -2.38. The van der Waals surface area contributed by atoms with Crippen molar-refractivity contribution in [3.8, 4) is 39.5 Å². The van der Waals surface area contributed by atoms with Crippen LogP contribution in [0.2, 0.25) is 0 Å². The van der Waals surface area contributed by atoms with Crippen LogP contribution in [0.25, 0.3) is 43.9 Å². The van der Waals surface area contributed by atoms with Gasteiger partial charge in [-0.2, -0.15) is 13.9 Å². The van der Waals surface area contributed by atoms with Crippen LogP contribution in [-0.2, 0) is 28.5 Å². The molecule has 272 valence electrons. The monoisotopic (exact) mass is 736 g/mol. The molecule has 15 heteroatoms. The van der Waals surface area contributed by atoms with Crippen molar-refractivity contribution < 1.29 is 36.9 Å². The van der Waals surface area contributed by atoms with Crippen LogP contribution in [0.3, 0.4) is 0 Å². The second-order valence-electron chi connectivity index (χ2n) is 12.9. The molecule has 0 saturated heterocycles. The van der Waals surface area contributed by atoms with Gasteiger partial charge in [0.05, 0.1) is 49.3 Å². The van der Waals surface area contributed by atoms with Crippen molar-refractivity contribution in [2.75, 3.05) is 40.0 Å². The Balaban J connectivity index is 1.48. The zero-order valence-corrected chi connectivity index (χ0v) is 29.5. The average Bonchev–Trinajstić information content (AvgIpc) is 3.76. The van der Waals surface area contributed by atoms with Crippen LogP contribution in [0.1, 0.15) is 36.8 Å². The van der Waals surface area contributed by atoms with Gasteiger partial charge in [-0.25, -0.2) is 13.8 Å². The number of rotatable bonds is 10. The highest BCUT2D eigenvalue weighted by atomic mass is 32.1. The van der Waals surface area contributed by atoms with E-state index in [0.29, 0.717) is 50.4 Å². The number of pyridine rings is 2. The zero-order chi connectivity index (χ0) is 36.9. The molecule has 2 aliphatic rings. The van der Waals surface area contributed by atoms with E-state index in [1.54, 1.807) is 33.2 Å². The smallest absolute Gasteiger partial charge is 0.302 e. The Morgan fingerprint density at radius 2 is 1.96 bits per heavy atom. The lowest BCUT2D eigenvalue weighted by atomic mass is 9.95. The molecule has 0 aliphatic carbocycles. The maximum atomic E-state index is 16.2. The molecule has 2 unspecified atom stereocenters. The van der Waals surface area contributed by atoms with Gasteiger partial charge >= 0.3 is 5.92 Å². The molecule has 2 aliphatic heterocycles. The number of benzene rings is 1. The molecule has 0 spiro atoms. The number of methoxy groups -OCH3 is 1. The van der Waals surface area contributed by atoms with Gasteiger partial charge in [0.15, 0.2) is 0 Å². The fourth-order valence-electron chi connectivity index (χ4n) is 7.25. The summed E-state index contributed by atoms with van der Waals surface area (Å²) in [5, 5.41) is 16.8. The Morgan fingerprint density at radius 3 is 2.71 bits per heavy atom. The van der Waals surface area contributed by atoms with Gasteiger partial charge in [-0.05, 0) is 49.1 Å². The molecule has 10 nitrogen and oxygen atoms in total. The topological polar surface area (TPSA) is 106 Å². The maximum absolute atomic E-state index is 16.2. The van der Waals surface area contributed by atoms with Crippen molar-refractivity contribution in [3.63, 3.8) is 0 Å². The van der Waals surface area contributed by atoms with Crippen LogP contribution < -0.4 is 4.74 Å². The number of carbonyl (C=O) groups is 1. The summed E-state index contributed by atoms with van der Waals surface area (Å²) in [6.07, 6.45) is 2.63. The van der Waals surface area contributed by atoms with Crippen molar-refractivity contribution in [1.82, 2.24) is 29.5 Å². The summed E-state index contributed by atoms with van der Waals surface area (Å²) in [5.41, 5.74) is 2.38. The minimum atomic E-state index is -3.23. The molecule has 1 N–H and O–H groups in total. The lowest BCUT2D eigenvalue weighted by molar-refractivity contribution is -0.131. The molecule has 52 heavy (non-hydrogen) atoms. The third-order valence-corrected chi connectivity index (χ3v) is 10.4. The van der Waals surface area contributed by atoms with Crippen molar-refractivity contribution in [1.29, 1.82) is 0 Å². The molecule has 2 atom stereocenters. The van der Waals surface area contributed by atoms with Gasteiger partial charge in [0.1, 0.15) is 41.1 Å². The van der Waals surface area contributed by atoms with Crippen LogP contribution in [0, 0.1) is 11.6 Å². The summed E-state index contributed by atoms with van der Waals surface area (Å²) in [6, 6.07) is 6.49. The van der Waals surface area contributed by atoms with Gasteiger partial charge in [-0.1, -0.05) is 6.58 Å². The fourth-order valence-corrected chi connectivity index (χ4v) is 8.20. The van der Waals surface area contributed by atoms with E-state index in [0.717, 1.165) is 12.1 Å². The van der Waals surface area contributed by atoms with Gasteiger partial charge < -0.3 is 19.5 Å². The Morgan fingerprint density at radius 1 is 1.15 bits per heavy atom. The third-order valence-electron chi connectivity index (χ3n) is 9.48. The lowest BCUT2D eigenvalue weighted by Crippen LogP contribution is -2.46. The number of nitrogens with zero attached hydrogens (tertiary/aromatic N) is 6. The van der Waals surface area contributed by atoms with E-state index in [1.807, 2.05) is 13.8 Å². The summed E-state index contributed by atoms with van der Waals surface area (Å²) in [7, 11) is 1.49. The minimum Gasteiger partial charge on any atom is -0.490 e. The van der Waals surface area contributed by atoms with E-state index < -0.39 is 30.1 Å². The molecule has 7 rings (SSSR count). The summed E-state index contributed by atoms with van der Waals surface area (Å²) in [5.74, 6) is -5.24. The molecule has 0 fully saturated rings. The van der Waals surface area contributed by atoms with E-state index >= 15 is 13.2 Å². The number of fused-ring (bicyclic) bond motifs is 3. The number of hydrogen-bond donors (Lipinski definition) is 1. The molecule has 5 aromatic rings. The predicted octanol–water partition coefficient (Wildman–Crippen LogP) is 6.57. The molecule has 0 bridgehead atoms. The first-order valence-corrected chi connectivity index (χ1v) is 17.6. The predicted molar refractivity (Wildman–Crippen MR) is 188 cm³/mol. The number of carbonyl (C=O) groups excluding carboxylic acids is 1. The number of halogens is 4. The van der Waals surface area contributed by atoms with E-state index in [2.05, 4.69) is 11.6 Å². The van der Waals surface area contributed by atoms with Crippen LogP contribution >= 0.6 is 11.3 Å². The van der Waals surface area contributed by atoms with Crippen molar-refractivity contribution in [3.05, 3.63) is 83.1 Å². The Hall–Kier alpha value is -4.70. The third kappa shape index (κ3) is 6.25. The second-order valence-corrected chi connectivity index (χ2v) is 13.8. The number of thiophene rings is 1. The molecular formula is C37H36F4N6O4S. The van der Waals surface area contributed by atoms with Gasteiger partial charge in [0, 0.05) is 65.8 Å². The van der Waals surface area contributed by atoms with Crippen LogP contribution in [0.15, 0.2) is 54.6 Å². The quantitative estimate of drug-likeness (QED) is 0.0976.